The van der Waals surface area contributed by atoms with Crippen LogP contribution in [-0.4, -0.2) is 16.1 Å². The Morgan fingerprint density at radius 2 is 1.80 bits per heavy atom. The van der Waals surface area contributed by atoms with Gasteiger partial charge in [-0.1, -0.05) is 60.1 Å². The number of carbonyl (C=O) groups excluding carboxylic acids is 1. The van der Waals surface area contributed by atoms with Gasteiger partial charge in [0.25, 0.3) is 5.91 Å². The van der Waals surface area contributed by atoms with E-state index < -0.39 is 0 Å². The highest BCUT2D eigenvalue weighted by molar-refractivity contribution is 8.18. The van der Waals surface area contributed by atoms with Crippen molar-refractivity contribution in [1.29, 1.82) is 0 Å². The Kier molecular flexibility index (Phi) is 5.12. The van der Waals surface area contributed by atoms with Crippen molar-refractivity contribution in [2.24, 2.45) is 4.99 Å². The van der Waals surface area contributed by atoms with Gasteiger partial charge in [0.2, 0.25) is 5.13 Å². The van der Waals surface area contributed by atoms with E-state index in [-0.39, 0.29) is 5.91 Å². The molecule has 1 aliphatic heterocycles. The van der Waals surface area contributed by atoms with Crippen LogP contribution in [0, 0.1) is 0 Å². The molecule has 0 aliphatic carbocycles. The molecule has 30 heavy (non-hydrogen) atoms. The zero-order valence-electron chi connectivity index (χ0n) is 15.5. The smallest absolute Gasteiger partial charge is 0.264 e. The molecule has 1 N–H and O–H groups in total. The maximum absolute atomic E-state index is 12.4. The van der Waals surface area contributed by atoms with Gasteiger partial charge in [-0.2, -0.15) is 4.99 Å². The molecule has 146 valence electrons. The number of aliphatic imine (C=N–C) groups is 1. The maximum Gasteiger partial charge on any atom is 0.264 e. The molecule has 1 saturated heterocycles. The summed E-state index contributed by atoms with van der Waals surface area (Å²) in [5.74, 6) is -0.151. The maximum atomic E-state index is 12.4. The SMILES string of the molecule is O=C1NC(=Nc2nc(-c3ccc(Cl)cc3)cs2)S/C1=C\c1ccc2ccccc2c1. The summed E-state index contributed by atoms with van der Waals surface area (Å²) >= 11 is 8.69. The minimum atomic E-state index is -0.151. The van der Waals surface area contributed by atoms with Gasteiger partial charge in [-0.15, -0.1) is 11.3 Å². The molecule has 0 radical (unpaired) electrons. The zero-order chi connectivity index (χ0) is 20.5. The Morgan fingerprint density at radius 3 is 2.63 bits per heavy atom. The number of thioether (sulfide) groups is 1. The van der Waals surface area contributed by atoms with E-state index in [9.17, 15) is 4.79 Å². The summed E-state index contributed by atoms with van der Waals surface area (Å²) in [7, 11) is 0. The molecule has 7 heteroatoms. The van der Waals surface area contributed by atoms with E-state index in [2.05, 4.69) is 39.6 Å². The fraction of sp³-hybridized carbons (Fsp3) is 0. The van der Waals surface area contributed by atoms with Gasteiger partial charge in [0, 0.05) is 16.0 Å². The van der Waals surface area contributed by atoms with Crippen molar-refractivity contribution in [2.75, 3.05) is 0 Å². The molecule has 2 heterocycles. The first-order valence-corrected chi connectivity index (χ1v) is 11.2. The highest BCUT2D eigenvalue weighted by Crippen LogP contribution is 2.32. The van der Waals surface area contributed by atoms with Gasteiger partial charge >= 0.3 is 0 Å². The molecule has 5 rings (SSSR count). The lowest BCUT2D eigenvalue weighted by molar-refractivity contribution is -0.115. The van der Waals surface area contributed by atoms with Crippen molar-refractivity contribution in [1.82, 2.24) is 10.3 Å². The number of amidine groups is 1. The first kappa shape index (κ1) is 19.1. The molecule has 0 spiro atoms. The second-order valence-corrected chi connectivity index (χ2v) is 8.91. The fourth-order valence-electron chi connectivity index (χ4n) is 3.09. The van der Waals surface area contributed by atoms with Crippen LogP contribution in [0.4, 0.5) is 5.13 Å². The average molecular weight is 448 g/mol. The minimum Gasteiger partial charge on any atom is -0.300 e. The number of benzene rings is 3. The molecule has 0 saturated carbocycles. The Bertz CT molecular complexity index is 1330. The number of nitrogens with zero attached hydrogens (tertiary/aromatic N) is 2. The molecule has 1 aliphatic rings. The van der Waals surface area contributed by atoms with Crippen molar-refractivity contribution in [3.63, 3.8) is 0 Å². The van der Waals surface area contributed by atoms with Gasteiger partial charge < -0.3 is 5.32 Å². The van der Waals surface area contributed by atoms with Gasteiger partial charge in [0.05, 0.1) is 10.6 Å². The summed E-state index contributed by atoms with van der Waals surface area (Å²) in [5, 5.41) is 8.88. The number of aromatic nitrogens is 1. The Labute approximate surface area is 186 Å². The van der Waals surface area contributed by atoms with Crippen LogP contribution < -0.4 is 5.32 Å². The van der Waals surface area contributed by atoms with Gasteiger partial charge in [-0.05, 0) is 52.4 Å². The van der Waals surface area contributed by atoms with E-state index >= 15 is 0 Å². The van der Waals surface area contributed by atoms with Crippen LogP contribution in [0.25, 0.3) is 28.1 Å². The number of halogens is 1. The summed E-state index contributed by atoms with van der Waals surface area (Å²) in [6.45, 7) is 0. The van der Waals surface area contributed by atoms with Crippen molar-refractivity contribution < 1.29 is 4.79 Å². The molecule has 0 unspecified atom stereocenters. The van der Waals surface area contributed by atoms with E-state index in [4.69, 9.17) is 11.6 Å². The summed E-state index contributed by atoms with van der Waals surface area (Å²) < 4.78 is 0. The van der Waals surface area contributed by atoms with Crippen molar-refractivity contribution >= 4 is 67.8 Å². The van der Waals surface area contributed by atoms with E-state index in [1.165, 1.54) is 28.5 Å². The Morgan fingerprint density at radius 1 is 1.00 bits per heavy atom. The van der Waals surface area contributed by atoms with Crippen LogP contribution in [0.5, 0.6) is 0 Å². The quantitative estimate of drug-likeness (QED) is 0.364. The lowest BCUT2D eigenvalue weighted by atomic mass is 10.1. The molecule has 1 aromatic heterocycles. The lowest BCUT2D eigenvalue weighted by Crippen LogP contribution is -2.19. The third-order valence-electron chi connectivity index (χ3n) is 4.55. The number of hydrogen-bond donors (Lipinski definition) is 1. The average Bonchev–Trinajstić information content (AvgIpc) is 3.35. The number of hydrogen-bond acceptors (Lipinski definition) is 5. The number of fused-ring (bicyclic) bond motifs is 1. The van der Waals surface area contributed by atoms with Crippen molar-refractivity contribution in [3.8, 4) is 11.3 Å². The fourth-order valence-corrected chi connectivity index (χ4v) is 4.79. The molecule has 0 bridgehead atoms. The molecule has 1 fully saturated rings. The normalized spacial score (nSPS) is 16.5. The number of nitrogens with one attached hydrogen (secondary N) is 1. The molecular weight excluding hydrogens is 434 g/mol. The molecule has 4 nitrogen and oxygen atoms in total. The Hall–Kier alpha value is -2.93. The number of thiazole rings is 1. The highest BCUT2D eigenvalue weighted by Gasteiger charge is 2.24. The summed E-state index contributed by atoms with van der Waals surface area (Å²) in [4.78, 5) is 22.0. The minimum absolute atomic E-state index is 0.151. The monoisotopic (exact) mass is 447 g/mol. The van der Waals surface area contributed by atoms with Gasteiger partial charge in [-0.3, -0.25) is 4.79 Å². The number of rotatable bonds is 3. The van der Waals surface area contributed by atoms with Crippen LogP contribution in [0.1, 0.15) is 5.56 Å². The summed E-state index contributed by atoms with van der Waals surface area (Å²) in [6.07, 6.45) is 1.88. The molecular formula is C23H14ClN3OS2. The van der Waals surface area contributed by atoms with Crippen LogP contribution in [-0.2, 0) is 4.79 Å². The van der Waals surface area contributed by atoms with E-state index in [0.29, 0.717) is 20.2 Å². The van der Waals surface area contributed by atoms with Crippen molar-refractivity contribution in [2.45, 2.75) is 0 Å². The molecule has 4 aromatic rings. The first-order valence-electron chi connectivity index (χ1n) is 9.14. The van der Waals surface area contributed by atoms with Crippen LogP contribution >= 0.6 is 34.7 Å². The van der Waals surface area contributed by atoms with E-state index in [1.807, 2.05) is 53.9 Å². The number of carbonyl (C=O) groups is 1. The van der Waals surface area contributed by atoms with Crippen molar-refractivity contribution in [3.05, 3.63) is 87.6 Å². The molecule has 1 amide bonds. The second kappa shape index (κ2) is 8.07. The van der Waals surface area contributed by atoms with Gasteiger partial charge in [0.1, 0.15) is 0 Å². The summed E-state index contributed by atoms with van der Waals surface area (Å²) in [5.41, 5.74) is 2.78. The van der Waals surface area contributed by atoms with Crippen LogP contribution in [0.2, 0.25) is 5.02 Å². The third-order valence-corrected chi connectivity index (χ3v) is 6.45. The second-order valence-electron chi connectivity index (χ2n) is 6.61. The zero-order valence-corrected chi connectivity index (χ0v) is 17.9. The standard InChI is InChI=1S/C23H14ClN3OS2/c24-18-9-7-16(8-10-18)19-13-29-22(25-19)27-23-26-21(28)20(30-23)12-14-5-6-15-3-1-2-4-17(15)11-14/h1-13H,(H,25,26,27,28)/b20-12-. The van der Waals surface area contributed by atoms with Gasteiger partial charge in [0.15, 0.2) is 5.17 Å². The number of amides is 1. The predicted molar refractivity (Wildman–Crippen MR) is 127 cm³/mol. The van der Waals surface area contributed by atoms with Crippen LogP contribution in [0.3, 0.4) is 0 Å². The van der Waals surface area contributed by atoms with Gasteiger partial charge in [-0.25, -0.2) is 4.98 Å². The lowest BCUT2D eigenvalue weighted by Gasteiger charge is -1.99. The van der Waals surface area contributed by atoms with E-state index in [1.54, 1.807) is 0 Å². The molecule has 3 aromatic carbocycles. The largest absolute Gasteiger partial charge is 0.300 e. The van der Waals surface area contributed by atoms with Crippen LogP contribution in [0.15, 0.2) is 82.0 Å². The molecule has 0 atom stereocenters. The summed E-state index contributed by atoms with van der Waals surface area (Å²) in [6, 6.07) is 21.8. The third kappa shape index (κ3) is 4.03. The van der Waals surface area contributed by atoms with E-state index in [0.717, 1.165) is 22.2 Å². The predicted octanol–water partition coefficient (Wildman–Crippen LogP) is 6.51. The highest BCUT2D eigenvalue weighted by atomic mass is 35.5. The topological polar surface area (TPSA) is 54.4 Å². The first-order chi connectivity index (χ1) is 14.6. The Balaban J connectivity index is 1.37.